The maximum absolute atomic E-state index is 12.9. The molecule has 2 amide bonds. The van der Waals surface area contributed by atoms with Crippen LogP contribution in [0.1, 0.15) is 26.2 Å². The summed E-state index contributed by atoms with van der Waals surface area (Å²) in [5, 5.41) is 0.485. The lowest BCUT2D eigenvalue weighted by Crippen LogP contribution is -2.46. The van der Waals surface area contributed by atoms with Crippen LogP contribution in [0.5, 0.6) is 0 Å². The average molecular weight is 333 g/mol. The molecule has 23 heavy (non-hydrogen) atoms. The van der Waals surface area contributed by atoms with Gasteiger partial charge in [0.2, 0.25) is 11.8 Å². The molecule has 2 aliphatic rings. The Hall–Kier alpha value is -1.53. The number of primary amides is 1. The van der Waals surface area contributed by atoms with Crippen molar-refractivity contribution in [1.29, 1.82) is 0 Å². The molecule has 0 aromatic heterocycles. The van der Waals surface area contributed by atoms with E-state index in [0.29, 0.717) is 5.25 Å². The Kier molecular flexibility index (Phi) is 4.92. The molecule has 0 bridgehead atoms. The number of thioether (sulfide) groups is 1. The lowest BCUT2D eigenvalue weighted by molar-refractivity contribution is -0.124. The second-order valence-corrected chi connectivity index (χ2v) is 7.74. The molecule has 1 aromatic rings. The first kappa shape index (κ1) is 16.3. The van der Waals surface area contributed by atoms with E-state index in [-0.39, 0.29) is 24.4 Å². The highest BCUT2D eigenvalue weighted by Gasteiger charge is 2.32. The van der Waals surface area contributed by atoms with E-state index < -0.39 is 0 Å². The van der Waals surface area contributed by atoms with E-state index in [1.54, 1.807) is 0 Å². The summed E-state index contributed by atoms with van der Waals surface area (Å²) >= 11 is 1.82. The van der Waals surface area contributed by atoms with Gasteiger partial charge in [-0.15, -0.1) is 11.8 Å². The highest BCUT2D eigenvalue weighted by Crippen LogP contribution is 2.37. The van der Waals surface area contributed by atoms with Crippen LogP contribution in [0, 0.1) is 0 Å². The molecule has 6 heteroatoms. The van der Waals surface area contributed by atoms with E-state index in [1.165, 1.54) is 0 Å². The summed E-state index contributed by atoms with van der Waals surface area (Å²) in [6, 6.07) is 7.76. The van der Waals surface area contributed by atoms with Crippen LogP contribution in [0.2, 0.25) is 0 Å². The third kappa shape index (κ3) is 3.53. The molecule has 0 aliphatic carbocycles. The van der Waals surface area contributed by atoms with Crippen LogP contribution < -0.4 is 10.6 Å². The Bertz CT molecular complexity index is 607. The summed E-state index contributed by atoms with van der Waals surface area (Å²) in [6.45, 7) is 3.94. The number of nitrogens with two attached hydrogens (primary N) is 1. The summed E-state index contributed by atoms with van der Waals surface area (Å²) in [5.74, 6) is -0.268. The van der Waals surface area contributed by atoms with Crippen LogP contribution in [0.3, 0.4) is 0 Å². The highest BCUT2D eigenvalue weighted by molar-refractivity contribution is 8.00. The Morgan fingerprint density at radius 3 is 2.83 bits per heavy atom. The average Bonchev–Trinajstić information content (AvgIpc) is 2.90. The molecule has 2 atom stereocenters. The maximum atomic E-state index is 12.9. The van der Waals surface area contributed by atoms with E-state index in [1.807, 2.05) is 39.8 Å². The second kappa shape index (κ2) is 6.93. The minimum Gasteiger partial charge on any atom is -0.368 e. The minimum absolute atomic E-state index is 0.0558. The van der Waals surface area contributed by atoms with Crippen molar-refractivity contribution < 1.29 is 9.59 Å². The summed E-state index contributed by atoms with van der Waals surface area (Å²) < 4.78 is 0. The largest absolute Gasteiger partial charge is 0.368 e. The SMILES string of the molecule is CC1CCN(C(=O)CN2CCCC2C(N)=O)c2ccccc2S1. The van der Waals surface area contributed by atoms with E-state index in [2.05, 4.69) is 13.0 Å². The molecule has 1 fully saturated rings. The van der Waals surface area contributed by atoms with Crippen molar-refractivity contribution in [1.82, 2.24) is 4.90 Å². The zero-order valence-corrected chi connectivity index (χ0v) is 14.2. The van der Waals surface area contributed by atoms with E-state index in [9.17, 15) is 9.59 Å². The number of para-hydroxylation sites is 1. The van der Waals surface area contributed by atoms with Gasteiger partial charge in [0.25, 0.3) is 0 Å². The maximum Gasteiger partial charge on any atom is 0.241 e. The third-order valence-corrected chi connectivity index (χ3v) is 5.81. The molecule has 2 aliphatic heterocycles. The predicted molar refractivity (Wildman–Crippen MR) is 92.5 cm³/mol. The van der Waals surface area contributed by atoms with Gasteiger partial charge >= 0.3 is 0 Å². The minimum atomic E-state index is -0.323. The van der Waals surface area contributed by atoms with Crippen LogP contribution in [-0.4, -0.2) is 47.6 Å². The summed E-state index contributed by atoms with van der Waals surface area (Å²) in [6.07, 6.45) is 2.64. The van der Waals surface area contributed by atoms with Crippen LogP contribution >= 0.6 is 11.8 Å². The van der Waals surface area contributed by atoms with Crippen molar-refractivity contribution in [2.45, 2.75) is 42.4 Å². The first-order chi connectivity index (χ1) is 11.1. The summed E-state index contributed by atoms with van der Waals surface area (Å²) in [7, 11) is 0. The molecule has 2 N–H and O–H groups in total. The topological polar surface area (TPSA) is 66.6 Å². The standard InChI is InChI=1S/C17H23N3O2S/c1-12-8-10-20(13-5-2-3-7-15(13)23-12)16(21)11-19-9-4-6-14(19)17(18)22/h2-3,5,7,12,14H,4,6,8-11H2,1H3,(H2,18,22). The fourth-order valence-corrected chi connectivity index (χ4v) is 4.46. The fourth-order valence-electron chi connectivity index (χ4n) is 3.34. The van der Waals surface area contributed by atoms with Crippen LogP contribution in [0.15, 0.2) is 29.2 Å². The molecule has 1 saturated heterocycles. The molecule has 0 spiro atoms. The number of carbonyl (C=O) groups excluding carboxylic acids is 2. The van der Waals surface area contributed by atoms with Gasteiger partial charge in [-0.3, -0.25) is 14.5 Å². The number of nitrogens with zero attached hydrogens (tertiary/aromatic N) is 2. The van der Waals surface area contributed by atoms with E-state index in [0.717, 1.165) is 42.9 Å². The van der Waals surface area contributed by atoms with Crippen molar-refractivity contribution in [3.05, 3.63) is 24.3 Å². The van der Waals surface area contributed by atoms with Gasteiger partial charge in [-0.2, -0.15) is 0 Å². The Balaban J connectivity index is 1.78. The Morgan fingerprint density at radius 2 is 2.04 bits per heavy atom. The number of hydrogen-bond acceptors (Lipinski definition) is 4. The van der Waals surface area contributed by atoms with Gasteiger partial charge < -0.3 is 10.6 Å². The van der Waals surface area contributed by atoms with Crippen molar-refractivity contribution in [3.63, 3.8) is 0 Å². The highest BCUT2D eigenvalue weighted by atomic mass is 32.2. The molecular weight excluding hydrogens is 310 g/mol. The van der Waals surface area contributed by atoms with E-state index in [4.69, 9.17) is 5.73 Å². The van der Waals surface area contributed by atoms with Crippen molar-refractivity contribution in [2.75, 3.05) is 24.5 Å². The fraction of sp³-hybridized carbons (Fsp3) is 0.529. The van der Waals surface area contributed by atoms with Crippen molar-refractivity contribution in [2.24, 2.45) is 5.73 Å². The number of likely N-dealkylation sites (tertiary alicyclic amines) is 1. The van der Waals surface area contributed by atoms with Gasteiger partial charge in [0, 0.05) is 16.7 Å². The van der Waals surface area contributed by atoms with Crippen LogP contribution in [0.25, 0.3) is 0 Å². The van der Waals surface area contributed by atoms with Crippen molar-refractivity contribution >= 4 is 29.3 Å². The molecule has 5 nitrogen and oxygen atoms in total. The molecule has 2 unspecified atom stereocenters. The van der Waals surface area contributed by atoms with Crippen LogP contribution in [0.4, 0.5) is 5.69 Å². The molecule has 0 radical (unpaired) electrons. The van der Waals surface area contributed by atoms with E-state index >= 15 is 0 Å². The summed E-state index contributed by atoms with van der Waals surface area (Å²) in [4.78, 5) is 29.3. The van der Waals surface area contributed by atoms with Crippen molar-refractivity contribution in [3.8, 4) is 0 Å². The van der Waals surface area contributed by atoms with Gasteiger partial charge in [-0.1, -0.05) is 19.1 Å². The first-order valence-corrected chi connectivity index (χ1v) is 9.03. The monoisotopic (exact) mass is 333 g/mol. The van der Waals surface area contributed by atoms with Gasteiger partial charge in [0.15, 0.2) is 0 Å². The number of amides is 2. The quantitative estimate of drug-likeness (QED) is 0.917. The van der Waals surface area contributed by atoms with Gasteiger partial charge in [0.1, 0.15) is 0 Å². The zero-order chi connectivity index (χ0) is 16.4. The number of rotatable bonds is 3. The Labute approximate surface area is 141 Å². The molecule has 0 saturated carbocycles. The van der Waals surface area contributed by atoms with Crippen LogP contribution in [-0.2, 0) is 9.59 Å². The predicted octanol–water partition coefficient (Wildman–Crippen LogP) is 1.85. The second-order valence-electron chi connectivity index (χ2n) is 6.26. The molecule has 2 heterocycles. The molecule has 1 aromatic carbocycles. The van der Waals surface area contributed by atoms with Gasteiger partial charge in [-0.05, 0) is 37.9 Å². The lowest BCUT2D eigenvalue weighted by atomic mass is 10.2. The number of benzene rings is 1. The number of carbonyl (C=O) groups is 2. The normalized spacial score (nSPS) is 25.0. The zero-order valence-electron chi connectivity index (χ0n) is 13.4. The smallest absolute Gasteiger partial charge is 0.241 e. The summed E-state index contributed by atoms with van der Waals surface area (Å²) in [5.41, 5.74) is 6.44. The van der Waals surface area contributed by atoms with Gasteiger partial charge in [-0.25, -0.2) is 0 Å². The molecular formula is C17H23N3O2S. The first-order valence-electron chi connectivity index (χ1n) is 8.15. The number of anilines is 1. The van der Waals surface area contributed by atoms with Gasteiger partial charge in [0.05, 0.1) is 18.3 Å². The molecule has 124 valence electrons. The number of hydrogen-bond donors (Lipinski definition) is 1. The number of fused-ring (bicyclic) bond motifs is 1. The molecule has 3 rings (SSSR count). The third-order valence-electron chi connectivity index (χ3n) is 4.57. The lowest BCUT2D eigenvalue weighted by Gasteiger charge is -2.27. The Morgan fingerprint density at radius 1 is 1.26 bits per heavy atom.